The molecule has 0 aliphatic rings. The monoisotopic (exact) mass is 340 g/mol. The molecule has 0 fully saturated rings. The van der Waals surface area contributed by atoms with Crippen LogP contribution in [-0.4, -0.2) is 22.4 Å². The highest BCUT2D eigenvalue weighted by Gasteiger charge is 2.15. The molecule has 0 spiro atoms. The number of hydrogen-bond acceptors (Lipinski definition) is 4. The molecule has 0 atom stereocenters. The van der Waals surface area contributed by atoms with Crippen LogP contribution in [0.2, 0.25) is 0 Å². The molecule has 0 saturated heterocycles. The minimum atomic E-state index is -0.173. The first-order valence-electron chi connectivity index (χ1n) is 8.95. The van der Waals surface area contributed by atoms with Gasteiger partial charge in [-0.15, -0.1) is 0 Å². The van der Waals surface area contributed by atoms with Gasteiger partial charge < -0.3 is 10.6 Å². The first-order chi connectivity index (χ1) is 11.9. The Labute approximate surface area is 150 Å². The van der Waals surface area contributed by atoms with Crippen LogP contribution < -0.4 is 10.6 Å². The molecule has 1 heterocycles. The van der Waals surface area contributed by atoms with E-state index in [2.05, 4.69) is 66.5 Å². The van der Waals surface area contributed by atoms with E-state index in [4.69, 9.17) is 0 Å². The van der Waals surface area contributed by atoms with Crippen LogP contribution in [0.15, 0.2) is 30.5 Å². The zero-order valence-electron chi connectivity index (χ0n) is 15.8. The van der Waals surface area contributed by atoms with Crippen molar-refractivity contribution in [3.8, 4) is 0 Å². The van der Waals surface area contributed by atoms with Crippen LogP contribution in [0, 0.1) is 0 Å². The Balaban J connectivity index is 2.35. The van der Waals surface area contributed by atoms with Gasteiger partial charge in [-0.25, -0.2) is 9.97 Å². The summed E-state index contributed by atoms with van der Waals surface area (Å²) in [6.45, 7) is 11.3. The Morgan fingerprint density at radius 3 is 2.28 bits per heavy atom. The number of nitrogens with one attached hydrogen (secondary N) is 2. The Morgan fingerprint density at radius 2 is 1.72 bits per heavy atom. The highest BCUT2D eigenvalue weighted by molar-refractivity contribution is 5.92. The second-order valence-corrected chi connectivity index (χ2v) is 6.77. The molecule has 1 amide bonds. The lowest BCUT2D eigenvalue weighted by atomic mass is 9.93. The molecule has 2 rings (SSSR count). The largest absolute Gasteiger partial charge is 0.351 e. The second kappa shape index (κ2) is 8.60. The van der Waals surface area contributed by atoms with Crippen LogP contribution in [0.4, 0.5) is 11.6 Å². The number of carbonyl (C=O) groups excluding carboxylic acids is 1. The second-order valence-electron chi connectivity index (χ2n) is 6.77. The smallest absolute Gasteiger partial charge is 0.270 e. The summed E-state index contributed by atoms with van der Waals surface area (Å²) in [7, 11) is 0. The molecule has 134 valence electrons. The molecule has 1 aromatic carbocycles. The molecule has 0 aliphatic carbocycles. The average molecular weight is 340 g/mol. The summed E-state index contributed by atoms with van der Waals surface area (Å²) in [6.07, 6.45) is 2.50. The molecule has 0 aliphatic heterocycles. The molecule has 0 saturated carbocycles. The van der Waals surface area contributed by atoms with E-state index in [1.54, 1.807) is 12.3 Å². The fourth-order valence-electron chi connectivity index (χ4n) is 2.68. The van der Waals surface area contributed by atoms with E-state index in [0.29, 0.717) is 30.0 Å². The molecule has 5 nitrogen and oxygen atoms in total. The minimum absolute atomic E-state index is 0.173. The summed E-state index contributed by atoms with van der Waals surface area (Å²) in [5.41, 5.74) is 3.85. The quantitative estimate of drug-likeness (QED) is 0.772. The minimum Gasteiger partial charge on any atom is -0.351 e. The Bertz CT molecular complexity index is 699. The van der Waals surface area contributed by atoms with Crippen LogP contribution in [0.25, 0.3) is 0 Å². The molecule has 0 unspecified atom stereocenters. The normalized spacial score (nSPS) is 11.0. The molecular weight excluding hydrogens is 312 g/mol. The van der Waals surface area contributed by atoms with Crippen LogP contribution >= 0.6 is 0 Å². The lowest BCUT2D eigenvalue weighted by molar-refractivity contribution is 0.0948. The van der Waals surface area contributed by atoms with E-state index in [1.807, 2.05) is 6.92 Å². The van der Waals surface area contributed by atoms with Crippen LogP contribution in [0.5, 0.6) is 0 Å². The SMILES string of the molecule is CCCNC(=O)c1ccnc(Nc2c(C(C)C)cccc2C(C)C)n1. The van der Waals surface area contributed by atoms with Gasteiger partial charge in [-0.1, -0.05) is 52.8 Å². The maximum atomic E-state index is 12.1. The maximum Gasteiger partial charge on any atom is 0.270 e. The fraction of sp³-hybridized carbons (Fsp3) is 0.450. The van der Waals surface area contributed by atoms with Crippen molar-refractivity contribution in [2.24, 2.45) is 0 Å². The maximum absolute atomic E-state index is 12.1. The van der Waals surface area contributed by atoms with E-state index >= 15 is 0 Å². The predicted molar refractivity (Wildman–Crippen MR) is 103 cm³/mol. The van der Waals surface area contributed by atoms with Gasteiger partial charge in [0, 0.05) is 18.4 Å². The number of amides is 1. The van der Waals surface area contributed by atoms with Gasteiger partial charge in [0.25, 0.3) is 5.91 Å². The number of aromatic nitrogens is 2. The summed E-state index contributed by atoms with van der Waals surface area (Å²) in [5.74, 6) is 1.02. The Morgan fingerprint density at radius 1 is 1.08 bits per heavy atom. The molecular formula is C20H28N4O. The van der Waals surface area contributed by atoms with Gasteiger partial charge in [0.05, 0.1) is 0 Å². The highest BCUT2D eigenvalue weighted by Crippen LogP contribution is 2.33. The Kier molecular flexibility index (Phi) is 6.51. The first kappa shape index (κ1) is 18.9. The van der Waals surface area contributed by atoms with Gasteiger partial charge in [-0.3, -0.25) is 4.79 Å². The third-order valence-corrected chi connectivity index (χ3v) is 4.03. The highest BCUT2D eigenvalue weighted by atomic mass is 16.1. The zero-order valence-corrected chi connectivity index (χ0v) is 15.8. The fourth-order valence-corrected chi connectivity index (χ4v) is 2.68. The molecule has 25 heavy (non-hydrogen) atoms. The van der Waals surface area contributed by atoms with E-state index in [-0.39, 0.29) is 5.91 Å². The van der Waals surface area contributed by atoms with Crippen molar-refractivity contribution < 1.29 is 4.79 Å². The van der Waals surface area contributed by atoms with Crippen molar-refractivity contribution in [1.82, 2.24) is 15.3 Å². The van der Waals surface area contributed by atoms with E-state index < -0.39 is 0 Å². The third kappa shape index (κ3) is 4.78. The van der Waals surface area contributed by atoms with Gasteiger partial charge >= 0.3 is 0 Å². The van der Waals surface area contributed by atoms with Crippen molar-refractivity contribution in [2.45, 2.75) is 52.9 Å². The summed E-state index contributed by atoms with van der Waals surface area (Å²) < 4.78 is 0. The molecule has 2 N–H and O–H groups in total. The third-order valence-electron chi connectivity index (χ3n) is 4.03. The summed E-state index contributed by atoms with van der Waals surface area (Å²) in [6, 6.07) is 7.96. The van der Waals surface area contributed by atoms with Crippen LogP contribution in [-0.2, 0) is 0 Å². The number of nitrogens with zero attached hydrogens (tertiary/aromatic N) is 2. The van der Waals surface area contributed by atoms with Gasteiger partial charge in [0.1, 0.15) is 5.69 Å². The van der Waals surface area contributed by atoms with E-state index in [0.717, 1.165) is 12.1 Å². The van der Waals surface area contributed by atoms with Gasteiger partial charge in [-0.05, 0) is 35.4 Å². The van der Waals surface area contributed by atoms with Crippen molar-refractivity contribution in [2.75, 3.05) is 11.9 Å². The average Bonchev–Trinajstić information content (AvgIpc) is 2.59. The number of anilines is 2. The molecule has 0 bridgehead atoms. The summed E-state index contributed by atoms with van der Waals surface area (Å²) in [4.78, 5) is 20.8. The van der Waals surface area contributed by atoms with Crippen molar-refractivity contribution in [3.05, 3.63) is 47.3 Å². The first-order valence-corrected chi connectivity index (χ1v) is 8.95. The number of benzene rings is 1. The Hall–Kier alpha value is -2.43. The van der Waals surface area contributed by atoms with E-state index in [9.17, 15) is 4.79 Å². The van der Waals surface area contributed by atoms with Crippen molar-refractivity contribution in [3.63, 3.8) is 0 Å². The molecule has 2 aromatic rings. The zero-order chi connectivity index (χ0) is 18.4. The van der Waals surface area contributed by atoms with Gasteiger partial charge in [0.15, 0.2) is 0 Å². The number of hydrogen-bond donors (Lipinski definition) is 2. The lowest BCUT2D eigenvalue weighted by Crippen LogP contribution is -2.25. The van der Waals surface area contributed by atoms with Crippen LogP contribution in [0.3, 0.4) is 0 Å². The summed E-state index contributed by atoms with van der Waals surface area (Å²) in [5, 5.41) is 6.19. The number of carbonyl (C=O) groups is 1. The topological polar surface area (TPSA) is 66.9 Å². The molecule has 0 radical (unpaired) electrons. The van der Waals surface area contributed by atoms with Crippen molar-refractivity contribution in [1.29, 1.82) is 0 Å². The van der Waals surface area contributed by atoms with E-state index in [1.165, 1.54) is 11.1 Å². The standard InChI is InChI=1S/C20H28N4O/c1-6-11-21-19(25)17-10-12-22-20(23-17)24-18-15(13(2)3)8-7-9-16(18)14(4)5/h7-10,12-14H,6,11H2,1-5H3,(H,21,25)(H,22,23,24). The number of para-hydroxylation sites is 1. The lowest BCUT2D eigenvalue weighted by Gasteiger charge is -2.20. The molecule has 5 heteroatoms. The van der Waals surface area contributed by atoms with Gasteiger partial charge in [0.2, 0.25) is 5.95 Å². The van der Waals surface area contributed by atoms with Crippen LogP contribution in [0.1, 0.15) is 74.5 Å². The summed E-state index contributed by atoms with van der Waals surface area (Å²) >= 11 is 0. The van der Waals surface area contributed by atoms with Crippen molar-refractivity contribution >= 4 is 17.5 Å². The number of rotatable bonds is 7. The predicted octanol–water partition coefficient (Wildman–Crippen LogP) is 4.61. The van der Waals surface area contributed by atoms with Gasteiger partial charge in [-0.2, -0.15) is 0 Å². The molecule has 1 aromatic heterocycles.